The number of phenolic OH excluding ortho intramolecular Hbond substituents is 1. The first-order valence-electron chi connectivity index (χ1n) is 11.7. The average Bonchev–Trinajstić information content (AvgIpc) is 3.30. The van der Waals surface area contributed by atoms with E-state index in [-0.39, 0.29) is 23.9 Å². The molecule has 1 saturated carbocycles. The molecule has 1 fully saturated rings. The van der Waals surface area contributed by atoms with Crippen LogP contribution in [0.3, 0.4) is 0 Å². The van der Waals surface area contributed by atoms with E-state index >= 15 is 0 Å². The lowest BCUT2D eigenvalue weighted by atomic mass is 9.91. The second-order valence-corrected chi connectivity index (χ2v) is 9.35. The minimum absolute atomic E-state index is 0.0605. The third kappa shape index (κ3) is 3.92. The zero-order valence-corrected chi connectivity index (χ0v) is 18.9. The van der Waals surface area contributed by atoms with Gasteiger partial charge in [0.05, 0.1) is 12.8 Å². The third-order valence-electron chi connectivity index (χ3n) is 7.39. The van der Waals surface area contributed by atoms with Crippen molar-refractivity contribution >= 4 is 11.7 Å². The van der Waals surface area contributed by atoms with Crippen LogP contribution in [0.1, 0.15) is 54.9 Å². The quantitative estimate of drug-likeness (QED) is 0.728. The van der Waals surface area contributed by atoms with E-state index in [9.17, 15) is 9.90 Å². The Labute approximate surface area is 189 Å². The van der Waals surface area contributed by atoms with Crippen LogP contribution in [0.4, 0.5) is 5.69 Å². The Hall–Kier alpha value is -2.73. The summed E-state index contributed by atoms with van der Waals surface area (Å²) in [5.74, 6) is 1.03. The number of nitrogens with zero attached hydrogens (tertiary/aromatic N) is 2. The van der Waals surface area contributed by atoms with E-state index < -0.39 is 0 Å². The molecule has 2 heterocycles. The van der Waals surface area contributed by atoms with E-state index in [0.717, 1.165) is 49.4 Å². The highest BCUT2D eigenvalue weighted by Crippen LogP contribution is 2.42. The number of aromatic hydroxyl groups is 1. The highest BCUT2D eigenvalue weighted by Gasteiger charge is 2.38. The van der Waals surface area contributed by atoms with Crippen LogP contribution in [0.2, 0.25) is 0 Å². The molecule has 3 aliphatic rings. The monoisotopic (exact) mass is 436 g/mol. The summed E-state index contributed by atoms with van der Waals surface area (Å²) in [4.78, 5) is 17.3. The molecule has 2 aliphatic heterocycles. The molecule has 0 unspecified atom stereocenters. The van der Waals surface area contributed by atoms with Crippen LogP contribution >= 0.6 is 0 Å². The summed E-state index contributed by atoms with van der Waals surface area (Å²) in [5.41, 5.74) is 4.60. The number of ether oxygens (including phenoxy) is 2. The van der Waals surface area contributed by atoms with Crippen LogP contribution in [-0.2, 0) is 22.5 Å². The Morgan fingerprint density at radius 1 is 1.09 bits per heavy atom. The minimum atomic E-state index is -0.213. The molecule has 6 nitrogen and oxygen atoms in total. The molecule has 0 radical (unpaired) electrons. The highest BCUT2D eigenvalue weighted by molar-refractivity contribution is 5.77. The number of benzene rings is 2. The Morgan fingerprint density at radius 2 is 1.84 bits per heavy atom. The summed E-state index contributed by atoms with van der Waals surface area (Å²) in [6, 6.07) is 11.9. The molecule has 0 aromatic heterocycles. The van der Waals surface area contributed by atoms with E-state index in [1.807, 2.05) is 12.1 Å². The largest absolute Gasteiger partial charge is 0.508 e. The van der Waals surface area contributed by atoms with Crippen LogP contribution < -0.4 is 9.64 Å². The minimum Gasteiger partial charge on any atom is -0.508 e. The molecule has 170 valence electrons. The van der Waals surface area contributed by atoms with Crippen LogP contribution in [-0.4, -0.2) is 48.8 Å². The molecule has 0 spiro atoms. The number of anilines is 1. The number of carbonyl (C=O) groups excluding carboxylic acids is 1. The molecular formula is C26H32N2O4. The molecule has 0 saturated heterocycles. The molecular weight excluding hydrogens is 404 g/mol. The van der Waals surface area contributed by atoms with Gasteiger partial charge >= 0.3 is 5.97 Å². The molecule has 2 aromatic carbocycles. The Balaban J connectivity index is 1.48. The fourth-order valence-electron chi connectivity index (χ4n) is 5.56. The van der Waals surface area contributed by atoms with Crippen molar-refractivity contribution in [2.24, 2.45) is 0 Å². The van der Waals surface area contributed by atoms with Crippen molar-refractivity contribution in [1.82, 2.24) is 4.90 Å². The second kappa shape index (κ2) is 8.66. The van der Waals surface area contributed by atoms with Gasteiger partial charge < -0.3 is 19.5 Å². The summed E-state index contributed by atoms with van der Waals surface area (Å²) in [5, 5.41) is 9.65. The number of carbonyl (C=O) groups is 1. The van der Waals surface area contributed by atoms with Gasteiger partial charge in [0, 0.05) is 32.6 Å². The van der Waals surface area contributed by atoms with Crippen molar-refractivity contribution in [2.75, 3.05) is 25.6 Å². The van der Waals surface area contributed by atoms with Crippen LogP contribution in [0.15, 0.2) is 36.4 Å². The number of hydrogen-bond donors (Lipinski definition) is 1. The van der Waals surface area contributed by atoms with Crippen molar-refractivity contribution in [3.05, 3.63) is 53.1 Å². The SMILES string of the molecule is COC(=O)[C@@H]1Cc2cc3c(cc2CN1C1CCCC1)O[C@@H](c1ccc(O)cc1)CCN3C. The van der Waals surface area contributed by atoms with Gasteiger partial charge in [-0.05, 0) is 60.2 Å². The molecule has 1 N–H and O–H groups in total. The molecule has 5 rings (SSSR count). The van der Waals surface area contributed by atoms with Gasteiger partial charge in [-0.15, -0.1) is 0 Å². The smallest absolute Gasteiger partial charge is 0.323 e. The van der Waals surface area contributed by atoms with E-state index in [0.29, 0.717) is 12.5 Å². The van der Waals surface area contributed by atoms with Gasteiger partial charge in [0.1, 0.15) is 23.6 Å². The number of fused-ring (bicyclic) bond motifs is 2. The first kappa shape index (κ1) is 21.1. The van der Waals surface area contributed by atoms with Crippen LogP contribution in [0.5, 0.6) is 11.5 Å². The molecule has 0 amide bonds. The van der Waals surface area contributed by atoms with E-state index in [4.69, 9.17) is 9.47 Å². The van der Waals surface area contributed by atoms with Gasteiger partial charge in [0.2, 0.25) is 0 Å². The van der Waals surface area contributed by atoms with Crippen molar-refractivity contribution in [3.8, 4) is 11.5 Å². The van der Waals surface area contributed by atoms with E-state index in [1.165, 1.54) is 31.1 Å². The van der Waals surface area contributed by atoms with Crippen LogP contribution in [0, 0.1) is 0 Å². The van der Waals surface area contributed by atoms with E-state index in [1.54, 1.807) is 12.1 Å². The fraction of sp³-hybridized carbons (Fsp3) is 0.500. The maximum atomic E-state index is 12.7. The Kier molecular flexibility index (Phi) is 5.72. The molecule has 1 aliphatic carbocycles. The number of hydrogen-bond acceptors (Lipinski definition) is 6. The fourth-order valence-corrected chi connectivity index (χ4v) is 5.56. The van der Waals surface area contributed by atoms with Gasteiger partial charge in [-0.2, -0.15) is 0 Å². The highest BCUT2D eigenvalue weighted by atomic mass is 16.5. The van der Waals surface area contributed by atoms with Gasteiger partial charge in [-0.25, -0.2) is 0 Å². The maximum absolute atomic E-state index is 12.7. The van der Waals surface area contributed by atoms with Crippen molar-refractivity contribution < 1.29 is 19.4 Å². The molecule has 0 bridgehead atoms. The lowest BCUT2D eigenvalue weighted by molar-refractivity contribution is -0.148. The second-order valence-electron chi connectivity index (χ2n) is 9.35. The lowest BCUT2D eigenvalue weighted by Crippen LogP contribution is -2.50. The van der Waals surface area contributed by atoms with Crippen molar-refractivity contribution in [3.63, 3.8) is 0 Å². The Bertz CT molecular complexity index is 984. The number of rotatable bonds is 3. The zero-order chi connectivity index (χ0) is 22.2. The summed E-state index contributed by atoms with van der Waals surface area (Å²) >= 11 is 0. The maximum Gasteiger partial charge on any atom is 0.323 e. The standard InChI is InChI=1S/C26H32N2O4/c1-27-12-11-24(17-7-9-21(29)10-8-17)32-25-15-19-16-28(20-5-3-4-6-20)23(26(30)31-2)14-18(19)13-22(25)27/h7-10,13,15,20,23-24,29H,3-6,11-12,14,16H2,1-2H3/t23-,24+/m0/s1. The Morgan fingerprint density at radius 3 is 2.56 bits per heavy atom. The molecule has 6 heteroatoms. The van der Waals surface area contributed by atoms with Crippen LogP contribution in [0.25, 0.3) is 0 Å². The number of methoxy groups -OCH3 is 1. The van der Waals surface area contributed by atoms with Crippen molar-refractivity contribution in [2.45, 2.75) is 63.3 Å². The molecule has 32 heavy (non-hydrogen) atoms. The van der Waals surface area contributed by atoms with Gasteiger partial charge in [0.25, 0.3) is 0 Å². The normalized spacial score (nSPS) is 23.8. The summed E-state index contributed by atoms with van der Waals surface area (Å²) in [6.07, 6.45) is 6.24. The summed E-state index contributed by atoms with van der Waals surface area (Å²) in [6.45, 7) is 1.62. The zero-order valence-electron chi connectivity index (χ0n) is 18.9. The number of phenols is 1. The predicted octanol–water partition coefficient (Wildman–Crippen LogP) is 4.19. The molecule has 2 aromatic rings. The summed E-state index contributed by atoms with van der Waals surface area (Å²) in [7, 11) is 3.59. The lowest BCUT2D eigenvalue weighted by Gasteiger charge is -2.39. The summed E-state index contributed by atoms with van der Waals surface area (Å²) < 4.78 is 11.7. The third-order valence-corrected chi connectivity index (χ3v) is 7.39. The van der Waals surface area contributed by atoms with Gasteiger partial charge in [-0.3, -0.25) is 9.69 Å². The first-order valence-corrected chi connectivity index (χ1v) is 11.7. The van der Waals surface area contributed by atoms with Gasteiger partial charge in [0.15, 0.2) is 0 Å². The predicted molar refractivity (Wildman–Crippen MR) is 123 cm³/mol. The topological polar surface area (TPSA) is 62.2 Å². The van der Waals surface area contributed by atoms with Crippen molar-refractivity contribution in [1.29, 1.82) is 0 Å². The van der Waals surface area contributed by atoms with E-state index in [2.05, 4.69) is 29.0 Å². The molecule has 2 atom stereocenters. The van der Waals surface area contributed by atoms with Gasteiger partial charge in [-0.1, -0.05) is 25.0 Å². The average molecular weight is 437 g/mol. The first-order chi connectivity index (χ1) is 15.5. The number of esters is 1.